The molecule has 6 heteroatoms. The molecule has 0 aromatic carbocycles. The van der Waals surface area contributed by atoms with E-state index in [1.807, 2.05) is 43.9 Å². The number of hydrogen-bond donors (Lipinski definition) is 0. The molecule has 2 heterocycles. The fourth-order valence-electron chi connectivity index (χ4n) is 2.83. The predicted molar refractivity (Wildman–Crippen MR) is 97.2 cm³/mol. The molecule has 0 aliphatic carbocycles. The number of halogens is 1. The molecular formula is C18H27BrN2O3. The van der Waals surface area contributed by atoms with Gasteiger partial charge in [0, 0.05) is 18.7 Å². The largest absolute Gasteiger partial charge is 0.478 e. The molecule has 0 N–H and O–H groups in total. The van der Waals surface area contributed by atoms with Crippen LogP contribution in [0.25, 0.3) is 0 Å². The molecule has 1 atom stereocenters. The van der Waals surface area contributed by atoms with E-state index in [0.29, 0.717) is 12.5 Å². The normalized spacial score (nSPS) is 18.3. The van der Waals surface area contributed by atoms with Crippen LogP contribution >= 0.6 is 15.9 Å². The maximum absolute atomic E-state index is 12.4. The molecule has 2 rings (SSSR count). The fourth-order valence-corrected chi connectivity index (χ4v) is 3.15. The van der Waals surface area contributed by atoms with Gasteiger partial charge in [-0.05, 0) is 74.9 Å². The van der Waals surface area contributed by atoms with Crippen LogP contribution in [0.15, 0.2) is 22.8 Å². The minimum absolute atomic E-state index is 0.193. The zero-order valence-corrected chi connectivity index (χ0v) is 16.3. The van der Waals surface area contributed by atoms with Crippen LogP contribution in [-0.4, -0.2) is 40.8 Å². The van der Waals surface area contributed by atoms with Crippen molar-refractivity contribution in [1.82, 2.24) is 9.88 Å². The first-order chi connectivity index (χ1) is 11.3. The Labute approximate surface area is 152 Å². The third-order valence-electron chi connectivity index (χ3n) is 3.88. The summed E-state index contributed by atoms with van der Waals surface area (Å²) < 4.78 is 12.0. The minimum atomic E-state index is -0.450. The summed E-state index contributed by atoms with van der Waals surface area (Å²) >= 11 is 3.33. The monoisotopic (exact) mass is 398 g/mol. The summed E-state index contributed by atoms with van der Waals surface area (Å²) in [5.41, 5.74) is -0.450. The number of pyridine rings is 1. The number of piperidine rings is 1. The van der Waals surface area contributed by atoms with Gasteiger partial charge in [-0.25, -0.2) is 9.78 Å². The van der Waals surface area contributed by atoms with Crippen LogP contribution in [0.1, 0.15) is 52.9 Å². The SMILES string of the molecule is CC(C)(C)OC(=O)N1CCCC[C@H]1CCCOc1cccc(Br)n1. The molecule has 134 valence electrons. The molecule has 1 aromatic rings. The molecule has 0 spiro atoms. The molecule has 0 saturated carbocycles. The Morgan fingerprint density at radius 2 is 2.17 bits per heavy atom. The number of carbonyl (C=O) groups excluding carboxylic acids is 1. The molecule has 0 bridgehead atoms. The number of likely N-dealkylation sites (tertiary alicyclic amines) is 1. The number of rotatable bonds is 5. The topological polar surface area (TPSA) is 51.7 Å². The van der Waals surface area contributed by atoms with Gasteiger partial charge in [-0.15, -0.1) is 0 Å². The maximum Gasteiger partial charge on any atom is 0.410 e. The van der Waals surface area contributed by atoms with Crippen molar-refractivity contribution in [1.29, 1.82) is 0 Å². The zero-order chi connectivity index (χ0) is 17.6. The standard InChI is InChI=1S/C18H27BrN2O3/c1-18(2,3)24-17(22)21-12-5-4-8-14(21)9-7-13-23-16-11-6-10-15(19)20-16/h6,10-11,14H,4-5,7-9,12-13H2,1-3H3/t14-/m0/s1. The summed E-state index contributed by atoms with van der Waals surface area (Å²) in [4.78, 5) is 18.5. The minimum Gasteiger partial charge on any atom is -0.478 e. The van der Waals surface area contributed by atoms with Crippen molar-refractivity contribution in [2.45, 2.75) is 64.5 Å². The Balaban J connectivity index is 1.79. The van der Waals surface area contributed by atoms with E-state index in [1.54, 1.807) is 0 Å². The van der Waals surface area contributed by atoms with E-state index >= 15 is 0 Å². The van der Waals surface area contributed by atoms with Crippen LogP contribution in [-0.2, 0) is 4.74 Å². The van der Waals surface area contributed by atoms with Gasteiger partial charge < -0.3 is 14.4 Å². The second kappa shape index (κ2) is 8.70. The van der Waals surface area contributed by atoms with Crippen LogP contribution < -0.4 is 4.74 Å². The van der Waals surface area contributed by atoms with Crippen LogP contribution in [0.2, 0.25) is 0 Å². The Morgan fingerprint density at radius 1 is 1.38 bits per heavy atom. The lowest BCUT2D eigenvalue weighted by molar-refractivity contribution is 0.00822. The van der Waals surface area contributed by atoms with E-state index in [-0.39, 0.29) is 12.1 Å². The number of hydrogen-bond acceptors (Lipinski definition) is 4. The van der Waals surface area contributed by atoms with Gasteiger partial charge in [0.05, 0.1) is 6.61 Å². The first-order valence-electron chi connectivity index (χ1n) is 8.60. The molecule has 1 aliphatic rings. The number of nitrogens with zero attached hydrogens (tertiary/aromatic N) is 2. The molecule has 0 unspecified atom stereocenters. The molecule has 0 radical (unpaired) electrons. The van der Waals surface area contributed by atoms with E-state index in [1.165, 1.54) is 0 Å². The number of carbonyl (C=O) groups is 1. The molecule has 1 amide bonds. The molecule has 1 saturated heterocycles. The molecule has 1 aromatic heterocycles. The van der Waals surface area contributed by atoms with Gasteiger partial charge in [-0.2, -0.15) is 0 Å². The summed E-state index contributed by atoms with van der Waals surface area (Å²) in [7, 11) is 0. The van der Waals surface area contributed by atoms with Crippen LogP contribution in [0, 0.1) is 0 Å². The first kappa shape index (κ1) is 19.0. The van der Waals surface area contributed by atoms with Crippen molar-refractivity contribution in [3.63, 3.8) is 0 Å². The summed E-state index contributed by atoms with van der Waals surface area (Å²) in [5, 5.41) is 0. The lowest BCUT2D eigenvalue weighted by atomic mass is 9.98. The van der Waals surface area contributed by atoms with Gasteiger partial charge in [0.2, 0.25) is 5.88 Å². The summed E-state index contributed by atoms with van der Waals surface area (Å²) in [6, 6.07) is 5.86. The Kier molecular flexibility index (Phi) is 6.90. The lowest BCUT2D eigenvalue weighted by Gasteiger charge is -2.36. The number of amides is 1. The van der Waals surface area contributed by atoms with Crippen molar-refractivity contribution in [2.24, 2.45) is 0 Å². The highest BCUT2D eigenvalue weighted by molar-refractivity contribution is 9.10. The highest BCUT2D eigenvalue weighted by Crippen LogP contribution is 2.23. The average Bonchev–Trinajstić information content (AvgIpc) is 2.50. The van der Waals surface area contributed by atoms with Crippen LogP contribution in [0.3, 0.4) is 0 Å². The van der Waals surface area contributed by atoms with Gasteiger partial charge in [-0.1, -0.05) is 6.07 Å². The Morgan fingerprint density at radius 3 is 2.88 bits per heavy atom. The number of ether oxygens (including phenoxy) is 2. The van der Waals surface area contributed by atoms with Gasteiger partial charge in [-0.3, -0.25) is 0 Å². The van der Waals surface area contributed by atoms with E-state index in [9.17, 15) is 4.79 Å². The molecule has 5 nitrogen and oxygen atoms in total. The summed E-state index contributed by atoms with van der Waals surface area (Å²) in [6.07, 6.45) is 4.87. The van der Waals surface area contributed by atoms with E-state index in [2.05, 4.69) is 20.9 Å². The third-order valence-corrected chi connectivity index (χ3v) is 4.32. The predicted octanol–water partition coefficient (Wildman–Crippen LogP) is 4.79. The second-order valence-corrected chi connectivity index (χ2v) is 7.93. The Bertz CT molecular complexity index is 545. The van der Waals surface area contributed by atoms with Crippen molar-refractivity contribution in [3.05, 3.63) is 22.8 Å². The first-order valence-corrected chi connectivity index (χ1v) is 9.39. The highest BCUT2D eigenvalue weighted by Gasteiger charge is 2.30. The maximum atomic E-state index is 12.4. The Hall–Kier alpha value is -1.30. The van der Waals surface area contributed by atoms with Gasteiger partial charge in [0.15, 0.2) is 0 Å². The van der Waals surface area contributed by atoms with E-state index < -0.39 is 5.60 Å². The lowest BCUT2D eigenvalue weighted by Crippen LogP contribution is -2.46. The van der Waals surface area contributed by atoms with Crippen LogP contribution in [0.5, 0.6) is 5.88 Å². The van der Waals surface area contributed by atoms with Crippen molar-refractivity contribution in [2.75, 3.05) is 13.2 Å². The number of aromatic nitrogens is 1. The molecule has 1 aliphatic heterocycles. The smallest absolute Gasteiger partial charge is 0.410 e. The van der Waals surface area contributed by atoms with Crippen molar-refractivity contribution in [3.8, 4) is 5.88 Å². The van der Waals surface area contributed by atoms with Gasteiger partial charge in [0.25, 0.3) is 0 Å². The summed E-state index contributed by atoms with van der Waals surface area (Å²) in [5.74, 6) is 0.622. The van der Waals surface area contributed by atoms with Gasteiger partial charge >= 0.3 is 6.09 Å². The van der Waals surface area contributed by atoms with Crippen LogP contribution in [0.4, 0.5) is 4.79 Å². The molecule has 24 heavy (non-hydrogen) atoms. The molecule has 1 fully saturated rings. The highest BCUT2D eigenvalue weighted by atomic mass is 79.9. The van der Waals surface area contributed by atoms with Gasteiger partial charge in [0.1, 0.15) is 10.2 Å². The fraction of sp³-hybridized carbons (Fsp3) is 0.667. The zero-order valence-electron chi connectivity index (χ0n) is 14.8. The third kappa shape index (κ3) is 6.30. The van der Waals surface area contributed by atoms with E-state index in [0.717, 1.165) is 43.3 Å². The molecular weight excluding hydrogens is 372 g/mol. The van der Waals surface area contributed by atoms with Crippen molar-refractivity contribution < 1.29 is 14.3 Å². The van der Waals surface area contributed by atoms with E-state index in [4.69, 9.17) is 9.47 Å². The van der Waals surface area contributed by atoms with Crippen molar-refractivity contribution >= 4 is 22.0 Å². The average molecular weight is 399 g/mol. The second-order valence-electron chi connectivity index (χ2n) is 7.11. The summed E-state index contributed by atoms with van der Waals surface area (Å²) in [6.45, 7) is 7.10. The quantitative estimate of drug-likeness (QED) is 0.528.